The summed E-state index contributed by atoms with van der Waals surface area (Å²) in [6, 6.07) is 0. The minimum atomic E-state index is -0.649. The van der Waals surface area contributed by atoms with E-state index >= 15 is 0 Å². The van der Waals surface area contributed by atoms with Crippen LogP contribution < -0.4 is 5.32 Å². The zero-order valence-corrected chi connectivity index (χ0v) is 10.9. The van der Waals surface area contributed by atoms with E-state index < -0.39 is 5.38 Å². The predicted octanol–water partition coefficient (Wildman–Crippen LogP) is 1.73. The lowest BCUT2D eigenvalue weighted by molar-refractivity contribution is -0.117. The SMILES string of the molecule is CC1=CC(=O)NC2=CC(=NC(=O)C(C)Cl)C=CC12. The average Bonchev–Trinajstić information content (AvgIpc) is 2.27. The van der Waals surface area contributed by atoms with E-state index in [1.54, 1.807) is 25.2 Å². The molecule has 0 bridgehead atoms. The Balaban J connectivity index is 2.28. The van der Waals surface area contributed by atoms with Crippen LogP contribution in [0.25, 0.3) is 0 Å². The fourth-order valence-corrected chi connectivity index (χ4v) is 1.92. The van der Waals surface area contributed by atoms with Crippen molar-refractivity contribution in [3.8, 4) is 0 Å². The number of aliphatic imine (C=N–C) groups is 1. The number of alkyl halides is 1. The summed E-state index contributed by atoms with van der Waals surface area (Å²) in [4.78, 5) is 26.7. The summed E-state index contributed by atoms with van der Waals surface area (Å²) in [5.74, 6) is -0.479. The average molecular weight is 265 g/mol. The maximum Gasteiger partial charge on any atom is 0.263 e. The summed E-state index contributed by atoms with van der Waals surface area (Å²) in [5, 5.41) is 2.10. The van der Waals surface area contributed by atoms with Crippen LogP contribution in [0.1, 0.15) is 13.8 Å². The summed E-state index contributed by atoms with van der Waals surface area (Å²) >= 11 is 5.65. The van der Waals surface area contributed by atoms with Gasteiger partial charge < -0.3 is 5.32 Å². The number of nitrogens with one attached hydrogen (secondary N) is 1. The molecule has 4 nitrogen and oxygen atoms in total. The highest BCUT2D eigenvalue weighted by atomic mass is 35.5. The lowest BCUT2D eigenvalue weighted by atomic mass is 9.89. The molecule has 0 aromatic rings. The van der Waals surface area contributed by atoms with Gasteiger partial charge in [0.2, 0.25) is 5.91 Å². The Morgan fingerprint density at radius 2 is 2.22 bits per heavy atom. The van der Waals surface area contributed by atoms with Crippen LogP contribution in [0.3, 0.4) is 0 Å². The summed E-state index contributed by atoms with van der Waals surface area (Å²) in [6.07, 6.45) is 6.95. The molecule has 1 heterocycles. The van der Waals surface area contributed by atoms with Crippen molar-refractivity contribution in [2.24, 2.45) is 10.9 Å². The van der Waals surface area contributed by atoms with Crippen LogP contribution in [-0.4, -0.2) is 22.9 Å². The quantitative estimate of drug-likeness (QED) is 0.733. The number of carbonyl (C=O) groups is 2. The van der Waals surface area contributed by atoms with E-state index in [2.05, 4.69) is 10.3 Å². The fraction of sp³-hybridized carbons (Fsp3) is 0.308. The Morgan fingerprint density at radius 3 is 2.89 bits per heavy atom. The molecule has 0 fully saturated rings. The van der Waals surface area contributed by atoms with Crippen molar-refractivity contribution in [1.82, 2.24) is 5.32 Å². The number of nitrogens with zero attached hydrogens (tertiary/aromatic N) is 1. The van der Waals surface area contributed by atoms with Crippen molar-refractivity contribution in [3.05, 3.63) is 35.6 Å². The minimum absolute atomic E-state index is 0.0603. The van der Waals surface area contributed by atoms with Crippen molar-refractivity contribution in [3.63, 3.8) is 0 Å². The molecule has 2 aliphatic rings. The molecule has 0 saturated heterocycles. The van der Waals surface area contributed by atoms with Gasteiger partial charge in [-0.25, -0.2) is 4.99 Å². The maximum atomic E-state index is 11.4. The Bertz CT molecular complexity index is 527. The molecule has 1 aliphatic heterocycles. The summed E-state index contributed by atoms with van der Waals surface area (Å²) in [5.41, 5.74) is 2.22. The van der Waals surface area contributed by atoms with Crippen LogP contribution in [0, 0.1) is 5.92 Å². The predicted molar refractivity (Wildman–Crippen MR) is 70.4 cm³/mol. The topological polar surface area (TPSA) is 58.5 Å². The molecule has 18 heavy (non-hydrogen) atoms. The number of fused-ring (bicyclic) bond motifs is 1. The number of halogens is 1. The van der Waals surface area contributed by atoms with E-state index in [4.69, 9.17) is 11.6 Å². The largest absolute Gasteiger partial charge is 0.325 e. The second-order valence-electron chi connectivity index (χ2n) is 4.30. The molecule has 94 valence electrons. The van der Waals surface area contributed by atoms with Crippen molar-refractivity contribution in [1.29, 1.82) is 0 Å². The number of allylic oxidation sites excluding steroid dienone is 3. The van der Waals surface area contributed by atoms with Crippen molar-refractivity contribution < 1.29 is 9.59 Å². The first-order valence-electron chi connectivity index (χ1n) is 5.63. The second-order valence-corrected chi connectivity index (χ2v) is 4.96. The third-order valence-electron chi connectivity index (χ3n) is 2.79. The zero-order chi connectivity index (χ0) is 13.3. The highest BCUT2D eigenvalue weighted by molar-refractivity contribution is 6.31. The molecule has 2 rings (SSSR count). The molecule has 2 unspecified atom stereocenters. The van der Waals surface area contributed by atoms with Gasteiger partial charge in [0, 0.05) is 17.7 Å². The van der Waals surface area contributed by atoms with Gasteiger partial charge in [0.25, 0.3) is 5.91 Å². The van der Waals surface area contributed by atoms with Gasteiger partial charge in [0.05, 0.1) is 5.71 Å². The summed E-state index contributed by atoms with van der Waals surface area (Å²) in [6.45, 7) is 3.47. The molecule has 5 heteroatoms. The molecule has 2 atom stereocenters. The zero-order valence-electron chi connectivity index (χ0n) is 10.1. The van der Waals surface area contributed by atoms with Gasteiger partial charge in [-0.15, -0.1) is 11.6 Å². The molecule has 1 N–H and O–H groups in total. The van der Waals surface area contributed by atoms with Gasteiger partial charge >= 0.3 is 0 Å². The standard InChI is InChI=1S/C13H13ClN2O2/c1-7-5-12(17)16-11-6-9(3-4-10(7)11)15-13(18)8(2)14/h3-6,8,10H,1-2H3,(H,16,17). The van der Waals surface area contributed by atoms with E-state index in [9.17, 15) is 9.59 Å². The smallest absolute Gasteiger partial charge is 0.263 e. The molecule has 0 aromatic carbocycles. The van der Waals surface area contributed by atoms with Gasteiger partial charge in [-0.2, -0.15) is 0 Å². The number of hydrogen-bond acceptors (Lipinski definition) is 2. The van der Waals surface area contributed by atoms with Crippen LogP contribution in [0.15, 0.2) is 40.6 Å². The fourth-order valence-electron chi connectivity index (χ4n) is 1.87. The second kappa shape index (κ2) is 4.90. The van der Waals surface area contributed by atoms with E-state index in [1.165, 1.54) is 0 Å². The molecular formula is C13H13ClN2O2. The summed E-state index contributed by atoms with van der Waals surface area (Å²) < 4.78 is 0. The molecule has 1 aliphatic carbocycles. The lowest BCUT2D eigenvalue weighted by Gasteiger charge is -2.25. The highest BCUT2D eigenvalue weighted by Gasteiger charge is 2.24. The van der Waals surface area contributed by atoms with Gasteiger partial charge in [-0.3, -0.25) is 9.59 Å². The van der Waals surface area contributed by atoms with Gasteiger partial charge in [0.1, 0.15) is 5.38 Å². The Hall–Kier alpha value is -1.68. The van der Waals surface area contributed by atoms with Gasteiger partial charge in [-0.05, 0) is 26.0 Å². The highest BCUT2D eigenvalue weighted by Crippen LogP contribution is 2.26. The molecule has 2 amide bonds. The van der Waals surface area contributed by atoms with Crippen molar-refractivity contribution >= 4 is 29.1 Å². The van der Waals surface area contributed by atoms with Crippen LogP contribution in [0.4, 0.5) is 0 Å². The Kier molecular flexibility index (Phi) is 3.48. The van der Waals surface area contributed by atoms with Crippen LogP contribution in [0.2, 0.25) is 0 Å². The van der Waals surface area contributed by atoms with Crippen molar-refractivity contribution in [2.45, 2.75) is 19.2 Å². The van der Waals surface area contributed by atoms with Crippen LogP contribution in [-0.2, 0) is 9.59 Å². The molecule has 0 spiro atoms. The van der Waals surface area contributed by atoms with E-state index in [-0.39, 0.29) is 17.7 Å². The molecule has 0 saturated carbocycles. The number of carbonyl (C=O) groups excluding carboxylic acids is 2. The normalized spacial score (nSPS) is 26.1. The van der Waals surface area contributed by atoms with Crippen LogP contribution in [0.5, 0.6) is 0 Å². The molecule has 0 radical (unpaired) electrons. The molecular weight excluding hydrogens is 252 g/mol. The van der Waals surface area contributed by atoms with Gasteiger partial charge in [-0.1, -0.05) is 11.6 Å². The van der Waals surface area contributed by atoms with Crippen LogP contribution >= 0.6 is 11.6 Å². The third-order valence-corrected chi connectivity index (χ3v) is 2.98. The van der Waals surface area contributed by atoms with Crippen molar-refractivity contribution in [2.75, 3.05) is 0 Å². The number of amides is 2. The van der Waals surface area contributed by atoms with E-state index in [0.717, 1.165) is 11.3 Å². The Morgan fingerprint density at radius 1 is 1.50 bits per heavy atom. The van der Waals surface area contributed by atoms with E-state index in [1.807, 2.05) is 13.0 Å². The first kappa shape index (κ1) is 12.8. The maximum absolute atomic E-state index is 11.4. The first-order chi connectivity index (χ1) is 8.47. The minimum Gasteiger partial charge on any atom is -0.325 e. The van der Waals surface area contributed by atoms with Gasteiger partial charge in [0.15, 0.2) is 0 Å². The monoisotopic (exact) mass is 264 g/mol. The lowest BCUT2D eigenvalue weighted by Crippen LogP contribution is -2.32. The first-order valence-corrected chi connectivity index (χ1v) is 6.06. The molecule has 0 aromatic heterocycles. The Labute approximate surface area is 110 Å². The summed E-state index contributed by atoms with van der Waals surface area (Å²) in [7, 11) is 0. The third kappa shape index (κ3) is 2.59. The number of rotatable bonds is 1. The van der Waals surface area contributed by atoms with E-state index in [0.29, 0.717) is 5.71 Å². The number of hydrogen-bond donors (Lipinski definition) is 1.